The summed E-state index contributed by atoms with van der Waals surface area (Å²) in [6.07, 6.45) is 0. The number of rotatable bonds is 2. The van der Waals surface area contributed by atoms with E-state index in [2.05, 4.69) is 0 Å². The lowest BCUT2D eigenvalue weighted by Gasteiger charge is -2.02. The summed E-state index contributed by atoms with van der Waals surface area (Å²) in [6, 6.07) is 4.28. The predicted octanol–water partition coefficient (Wildman–Crippen LogP) is 0.923. The standard InChI is InChI=1S/C8H10FNO2S/c1-6-2-3-8(9)7(4-6)5-13(10,11)12/h2-4H,5H2,1H3,(H2,10,11,12). The van der Waals surface area contributed by atoms with Crippen molar-refractivity contribution in [2.24, 2.45) is 5.14 Å². The van der Waals surface area contributed by atoms with Crippen LogP contribution < -0.4 is 5.14 Å². The molecule has 1 rings (SSSR count). The third-order valence-electron chi connectivity index (χ3n) is 1.56. The number of aryl methyl sites for hydroxylation is 1. The van der Waals surface area contributed by atoms with Crippen molar-refractivity contribution in [1.29, 1.82) is 0 Å². The van der Waals surface area contributed by atoms with Crippen molar-refractivity contribution >= 4 is 10.0 Å². The quantitative estimate of drug-likeness (QED) is 0.777. The Morgan fingerprint density at radius 3 is 2.62 bits per heavy atom. The first-order valence-corrected chi connectivity index (χ1v) is 5.35. The van der Waals surface area contributed by atoms with Crippen molar-refractivity contribution in [3.05, 3.63) is 35.1 Å². The van der Waals surface area contributed by atoms with Gasteiger partial charge in [0, 0.05) is 5.56 Å². The van der Waals surface area contributed by atoms with Crippen LogP contribution >= 0.6 is 0 Å². The second-order valence-corrected chi connectivity index (χ2v) is 4.52. The van der Waals surface area contributed by atoms with E-state index in [0.717, 1.165) is 5.56 Å². The number of primary sulfonamides is 1. The Kier molecular flexibility index (Phi) is 2.68. The number of benzene rings is 1. The molecule has 0 amide bonds. The van der Waals surface area contributed by atoms with Crippen molar-refractivity contribution in [3.63, 3.8) is 0 Å². The number of sulfonamides is 1. The summed E-state index contributed by atoms with van der Waals surface area (Å²) in [5.41, 5.74) is 0.919. The van der Waals surface area contributed by atoms with Gasteiger partial charge in [-0.15, -0.1) is 0 Å². The van der Waals surface area contributed by atoms with Crippen LogP contribution in [-0.4, -0.2) is 8.42 Å². The van der Waals surface area contributed by atoms with Gasteiger partial charge in [-0.05, 0) is 13.0 Å². The van der Waals surface area contributed by atoms with Crippen LogP contribution in [0.3, 0.4) is 0 Å². The summed E-state index contributed by atoms with van der Waals surface area (Å²) in [5.74, 6) is -1.000. The Morgan fingerprint density at radius 2 is 2.08 bits per heavy atom. The van der Waals surface area contributed by atoms with Gasteiger partial charge in [-0.3, -0.25) is 0 Å². The third kappa shape index (κ3) is 3.12. The lowest BCUT2D eigenvalue weighted by atomic mass is 10.1. The molecule has 0 heterocycles. The van der Waals surface area contributed by atoms with Crippen molar-refractivity contribution in [3.8, 4) is 0 Å². The first-order chi connectivity index (χ1) is 5.88. The Labute approximate surface area is 76.4 Å². The molecule has 0 aliphatic heterocycles. The predicted molar refractivity (Wildman–Crippen MR) is 47.9 cm³/mol. The summed E-state index contributed by atoms with van der Waals surface area (Å²) in [4.78, 5) is 0. The van der Waals surface area contributed by atoms with Gasteiger partial charge < -0.3 is 0 Å². The molecule has 0 spiro atoms. The van der Waals surface area contributed by atoms with Gasteiger partial charge in [0.05, 0.1) is 5.75 Å². The van der Waals surface area contributed by atoms with Crippen LogP contribution in [0.15, 0.2) is 18.2 Å². The fourth-order valence-electron chi connectivity index (χ4n) is 1.03. The topological polar surface area (TPSA) is 60.2 Å². The maximum Gasteiger partial charge on any atom is 0.213 e. The first-order valence-electron chi connectivity index (χ1n) is 3.64. The monoisotopic (exact) mass is 203 g/mol. The molecule has 0 aromatic heterocycles. The van der Waals surface area contributed by atoms with Crippen molar-refractivity contribution in [2.45, 2.75) is 12.7 Å². The number of hydrogen-bond donors (Lipinski definition) is 1. The van der Waals surface area contributed by atoms with E-state index in [4.69, 9.17) is 5.14 Å². The fraction of sp³-hybridized carbons (Fsp3) is 0.250. The molecule has 0 unspecified atom stereocenters. The van der Waals surface area contributed by atoms with Gasteiger partial charge in [0.1, 0.15) is 5.82 Å². The first kappa shape index (κ1) is 10.1. The summed E-state index contributed by atoms with van der Waals surface area (Å²) >= 11 is 0. The van der Waals surface area contributed by atoms with E-state index in [1.807, 2.05) is 0 Å². The van der Waals surface area contributed by atoms with Crippen molar-refractivity contribution < 1.29 is 12.8 Å². The Bertz CT molecular complexity index is 414. The molecule has 0 saturated heterocycles. The maximum absolute atomic E-state index is 13.0. The van der Waals surface area contributed by atoms with Gasteiger partial charge in [-0.2, -0.15) is 0 Å². The highest BCUT2D eigenvalue weighted by Crippen LogP contribution is 2.11. The molecular formula is C8H10FNO2S. The van der Waals surface area contributed by atoms with Gasteiger partial charge >= 0.3 is 0 Å². The average molecular weight is 203 g/mol. The van der Waals surface area contributed by atoms with E-state index >= 15 is 0 Å². The van der Waals surface area contributed by atoms with Crippen LogP contribution in [0.2, 0.25) is 0 Å². The average Bonchev–Trinajstić information content (AvgIpc) is 1.94. The minimum absolute atomic E-state index is 0.113. The van der Waals surface area contributed by atoms with Crippen LogP contribution in [0.1, 0.15) is 11.1 Å². The largest absolute Gasteiger partial charge is 0.228 e. The summed E-state index contributed by atoms with van der Waals surface area (Å²) in [5, 5.41) is 4.79. The molecule has 0 bridgehead atoms. The molecule has 1 aromatic carbocycles. The van der Waals surface area contributed by atoms with Gasteiger partial charge in [0.2, 0.25) is 10.0 Å². The highest BCUT2D eigenvalue weighted by atomic mass is 32.2. The minimum atomic E-state index is -3.66. The van der Waals surface area contributed by atoms with Crippen LogP contribution in [0.25, 0.3) is 0 Å². The molecule has 0 saturated carbocycles. The highest BCUT2D eigenvalue weighted by molar-refractivity contribution is 7.88. The van der Waals surface area contributed by atoms with Gasteiger partial charge in [0.25, 0.3) is 0 Å². The highest BCUT2D eigenvalue weighted by Gasteiger charge is 2.09. The molecule has 0 fully saturated rings. The molecule has 0 aliphatic rings. The van der Waals surface area contributed by atoms with E-state index in [1.165, 1.54) is 12.1 Å². The molecule has 5 heteroatoms. The summed E-state index contributed by atoms with van der Waals surface area (Å²) < 4.78 is 34.3. The molecule has 3 nitrogen and oxygen atoms in total. The Morgan fingerprint density at radius 1 is 1.46 bits per heavy atom. The Balaban J connectivity index is 3.08. The minimum Gasteiger partial charge on any atom is -0.228 e. The number of halogens is 1. The third-order valence-corrected chi connectivity index (χ3v) is 2.27. The zero-order chi connectivity index (χ0) is 10.1. The lowest BCUT2D eigenvalue weighted by molar-refractivity contribution is 0.588. The second kappa shape index (κ2) is 3.43. The Hall–Kier alpha value is -0.940. The van der Waals surface area contributed by atoms with Crippen molar-refractivity contribution in [1.82, 2.24) is 0 Å². The van der Waals surface area contributed by atoms with Gasteiger partial charge in [0.15, 0.2) is 0 Å². The van der Waals surface area contributed by atoms with Gasteiger partial charge in [-0.25, -0.2) is 17.9 Å². The van der Waals surface area contributed by atoms with Crippen LogP contribution in [0.5, 0.6) is 0 Å². The number of hydrogen-bond acceptors (Lipinski definition) is 2. The van der Waals surface area contributed by atoms with E-state index in [1.54, 1.807) is 13.0 Å². The van der Waals surface area contributed by atoms with E-state index < -0.39 is 21.6 Å². The summed E-state index contributed by atoms with van der Waals surface area (Å²) in [7, 11) is -3.66. The number of nitrogens with two attached hydrogens (primary N) is 1. The molecule has 0 atom stereocenters. The van der Waals surface area contributed by atoms with Crippen LogP contribution in [-0.2, 0) is 15.8 Å². The van der Waals surface area contributed by atoms with E-state index in [-0.39, 0.29) is 5.56 Å². The molecule has 2 N–H and O–H groups in total. The van der Waals surface area contributed by atoms with Crippen LogP contribution in [0.4, 0.5) is 4.39 Å². The lowest BCUT2D eigenvalue weighted by Crippen LogP contribution is -2.15. The normalized spacial score (nSPS) is 11.6. The maximum atomic E-state index is 13.0. The SMILES string of the molecule is Cc1ccc(F)c(CS(N)(=O)=O)c1. The summed E-state index contributed by atoms with van der Waals surface area (Å²) in [6.45, 7) is 1.76. The zero-order valence-corrected chi connectivity index (χ0v) is 7.94. The van der Waals surface area contributed by atoms with E-state index in [0.29, 0.717) is 0 Å². The van der Waals surface area contributed by atoms with E-state index in [9.17, 15) is 12.8 Å². The van der Waals surface area contributed by atoms with Crippen molar-refractivity contribution in [2.75, 3.05) is 0 Å². The fourth-order valence-corrected chi connectivity index (χ4v) is 1.69. The molecule has 72 valence electrons. The molecule has 0 aliphatic carbocycles. The smallest absolute Gasteiger partial charge is 0.213 e. The molecule has 0 radical (unpaired) electrons. The molecule has 13 heavy (non-hydrogen) atoms. The second-order valence-electron chi connectivity index (χ2n) is 2.90. The van der Waals surface area contributed by atoms with Crippen LogP contribution in [0, 0.1) is 12.7 Å². The zero-order valence-electron chi connectivity index (χ0n) is 7.12. The van der Waals surface area contributed by atoms with Gasteiger partial charge in [-0.1, -0.05) is 17.7 Å². The molecule has 1 aromatic rings. The molecular weight excluding hydrogens is 193 g/mol.